The van der Waals surface area contributed by atoms with Crippen molar-refractivity contribution in [3.05, 3.63) is 39.2 Å². The van der Waals surface area contributed by atoms with Crippen LogP contribution in [0.3, 0.4) is 0 Å². The number of pyridine rings is 1. The van der Waals surface area contributed by atoms with E-state index in [0.717, 1.165) is 42.9 Å². The summed E-state index contributed by atoms with van der Waals surface area (Å²) < 4.78 is 11.6. The van der Waals surface area contributed by atoms with Gasteiger partial charge in [0.25, 0.3) is 0 Å². The highest BCUT2D eigenvalue weighted by atomic mass is 127. The molecule has 0 N–H and O–H groups in total. The molecule has 5 heteroatoms. The maximum Gasteiger partial charge on any atom is 0.134 e. The van der Waals surface area contributed by atoms with Crippen LogP contribution in [0.4, 0.5) is 0 Å². The van der Waals surface area contributed by atoms with Gasteiger partial charge in [-0.15, -0.1) is 0 Å². The number of benzene rings is 1. The molecular weight excluding hydrogens is 367 g/mol. The molecule has 0 bridgehead atoms. The topological polar surface area (TPSA) is 48.2 Å². The molecule has 0 radical (unpaired) electrons. The monoisotopic (exact) mass is 380 g/mol. The zero-order valence-corrected chi connectivity index (χ0v) is 13.6. The number of aromatic nitrogens is 2. The van der Waals surface area contributed by atoms with Crippen molar-refractivity contribution in [2.75, 3.05) is 7.11 Å². The fraction of sp³-hybridized carbons (Fsp3) is 0.200. The standard InChI is InChI=1S/C15H13IN2O2/c1-8-6-13(18-20-8)12-7-11(16)10-4-5-14(19-3)9(2)15(10)17-12/h4-7H,1-3H3. The Hall–Kier alpha value is -1.63. The average molecular weight is 380 g/mol. The molecule has 0 atom stereocenters. The summed E-state index contributed by atoms with van der Waals surface area (Å²) >= 11 is 2.32. The van der Waals surface area contributed by atoms with Crippen molar-refractivity contribution < 1.29 is 9.26 Å². The summed E-state index contributed by atoms with van der Waals surface area (Å²) in [6.45, 7) is 3.89. The Balaban J connectivity index is 2.29. The minimum atomic E-state index is 0.754. The minimum Gasteiger partial charge on any atom is -0.496 e. The fourth-order valence-electron chi connectivity index (χ4n) is 2.21. The Kier molecular flexibility index (Phi) is 3.37. The summed E-state index contributed by atoms with van der Waals surface area (Å²) in [5.41, 5.74) is 3.54. The number of aryl methyl sites for hydroxylation is 2. The Labute approximate surface area is 130 Å². The van der Waals surface area contributed by atoms with E-state index >= 15 is 0 Å². The van der Waals surface area contributed by atoms with Gasteiger partial charge in [-0.1, -0.05) is 5.16 Å². The van der Waals surface area contributed by atoms with Gasteiger partial charge in [0, 0.05) is 20.6 Å². The first-order valence-electron chi connectivity index (χ1n) is 6.17. The van der Waals surface area contributed by atoms with E-state index in [-0.39, 0.29) is 0 Å². The van der Waals surface area contributed by atoms with E-state index in [2.05, 4.69) is 27.7 Å². The van der Waals surface area contributed by atoms with Crippen LogP contribution in [0.5, 0.6) is 5.75 Å². The number of hydrogen-bond donors (Lipinski definition) is 0. The lowest BCUT2D eigenvalue weighted by Crippen LogP contribution is -1.94. The number of rotatable bonds is 2. The van der Waals surface area contributed by atoms with Gasteiger partial charge < -0.3 is 9.26 Å². The Morgan fingerprint density at radius 1 is 1.15 bits per heavy atom. The van der Waals surface area contributed by atoms with Crippen molar-refractivity contribution in [3.63, 3.8) is 0 Å². The second-order valence-electron chi connectivity index (χ2n) is 4.60. The fourth-order valence-corrected chi connectivity index (χ4v) is 2.94. The predicted octanol–water partition coefficient (Wildman–Crippen LogP) is 4.12. The Morgan fingerprint density at radius 3 is 2.60 bits per heavy atom. The highest BCUT2D eigenvalue weighted by Crippen LogP contribution is 2.31. The molecule has 0 saturated carbocycles. The van der Waals surface area contributed by atoms with Gasteiger partial charge in [-0.2, -0.15) is 0 Å². The first kappa shape index (κ1) is 13.4. The molecule has 0 spiro atoms. The summed E-state index contributed by atoms with van der Waals surface area (Å²) in [5, 5.41) is 5.15. The molecule has 0 fully saturated rings. The maximum atomic E-state index is 5.37. The van der Waals surface area contributed by atoms with Gasteiger partial charge in [0.05, 0.1) is 18.3 Å². The molecule has 3 aromatic rings. The van der Waals surface area contributed by atoms with Gasteiger partial charge in [0.15, 0.2) is 0 Å². The summed E-state index contributed by atoms with van der Waals surface area (Å²) in [4.78, 5) is 4.72. The van der Waals surface area contributed by atoms with E-state index in [1.807, 2.05) is 38.1 Å². The van der Waals surface area contributed by atoms with Crippen molar-refractivity contribution in [2.24, 2.45) is 0 Å². The lowest BCUT2D eigenvalue weighted by atomic mass is 10.1. The highest BCUT2D eigenvalue weighted by Gasteiger charge is 2.12. The summed E-state index contributed by atoms with van der Waals surface area (Å²) in [6.07, 6.45) is 0. The Morgan fingerprint density at radius 2 is 1.95 bits per heavy atom. The smallest absolute Gasteiger partial charge is 0.134 e. The average Bonchev–Trinajstić information content (AvgIpc) is 2.86. The van der Waals surface area contributed by atoms with Crippen LogP contribution in [-0.2, 0) is 0 Å². The second kappa shape index (κ2) is 5.05. The van der Waals surface area contributed by atoms with E-state index in [4.69, 9.17) is 14.2 Å². The molecule has 20 heavy (non-hydrogen) atoms. The third-order valence-corrected chi connectivity index (χ3v) is 4.14. The van der Waals surface area contributed by atoms with Crippen LogP contribution in [0, 0.1) is 17.4 Å². The molecule has 0 amide bonds. The summed E-state index contributed by atoms with van der Waals surface area (Å²) in [5.74, 6) is 1.62. The van der Waals surface area contributed by atoms with E-state index in [1.165, 1.54) is 0 Å². The quantitative estimate of drug-likeness (QED) is 0.628. The van der Waals surface area contributed by atoms with Gasteiger partial charge >= 0.3 is 0 Å². The van der Waals surface area contributed by atoms with Crippen molar-refractivity contribution in [1.29, 1.82) is 0 Å². The number of methoxy groups -OCH3 is 1. The van der Waals surface area contributed by atoms with E-state index < -0.39 is 0 Å². The number of hydrogen-bond acceptors (Lipinski definition) is 4. The van der Waals surface area contributed by atoms with Gasteiger partial charge in [-0.3, -0.25) is 0 Å². The number of fused-ring (bicyclic) bond motifs is 1. The normalized spacial score (nSPS) is 11.0. The molecule has 0 aliphatic rings. The minimum absolute atomic E-state index is 0.754. The molecule has 102 valence electrons. The van der Waals surface area contributed by atoms with Crippen LogP contribution in [0.15, 0.2) is 28.8 Å². The van der Waals surface area contributed by atoms with Crippen molar-refractivity contribution in [2.45, 2.75) is 13.8 Å². The molecule has 0 aliphatic heterocycles. The highest BCUT2D eigenvalue weighted by molar-refractivity contribution is 14.1. The molecule has 0 aliphatic carbocycles. The van der Waals surface area contributed by atoms with Crippen molar-refractivity contribution >= 4 is 33.5 Å². The van der Waals surface area contributed by atoms with Crippen LogP contribution in [0.25, 0.3) is 22.3 Å². The zero-order chi connectivity index (χ0) is 14.3. The van der Waals surface area contributed by atoms with E-state index in [0.29, 0.717) is 0 Å². The lowest BCUT2D eigenvalue weighted by Gasteiger charge is -2.10. The van der Waals surface area contributed by atoms with Gasteiger partial charge in [-0.05, 0) is 54.6 Å². The SMILES string of the molecule is COc1ccc2c(I)cc(-c3cc(C)on3)nc2c1C. The van der Waals surface area contributed by atoms with Crippen molar-refractivity contribution in [3.8, 4) is 17.1 Å². The summed E-state index contributed by atoms with van der Waals surface area (Å²) in [7, 11) is 1.67. The molecule has 4 nitrogen and oxygen atoms in total. The third-order valence-electron chi connectivity index (χ3n) is 3.24. The molecular formula is C15H13IN2O2. The second-order valence-corrected chi connectivity index (χ2v) is 5.76. The van der Waals surface area contributed by atoms with Crippen molar-refractivity contribution in [1.82, 2.24) is 10.1 Å². The molecule has 2 heterocycles. The molecule has 1 aromatic carbocycles. The number of halogens is 1. The number of ether oxygens (including phenoxy) is 1. The lowest BCUT2D eigenvalue weighted by molar-refractivity contribution is 0.399. The molecule has 0 saturated heterocycles. The largest absolute Gasteiger partial charge is 0.496 e. The zero-order valence-electron chi connectivity index (χ0n) is 11.4. The Bertz CT molecular complexity index is 796. The molecule has 2 aromatic heterocycles. The van der Waals surface area contributed by atoms with E-state index in [1.54, 1.807) is 7.11 Å². The molecule has 3 rings (SSSR count). The van der Waals surface area contributed by atoms with Crippen LogP contribution in [-0.4, -0.2) is 17.3 Å². The predicted molar refractivity (Wildman–Crippen MR) is 86.0 cm³/mol. The third kappa shape index (κ3) is 2.15. The van der Waals surface area contributed by atoms with Crippen LogP contribution < -0.4 is 4.74 Å². The van der Waals surface area contributed by atoms with Gasteiger partial charge in [0.1, 0.15) is 17.2 Å². The van der Waals surface area contributed by atoms with Crippen LogP contribution >= 0.6 is 22.6 Å². The maximum absolute atomic E-state index is 5.37. The van der Waals surface area contributed by atoms with E-state index in [9.17, 15) is 0 Å². The summed E-state index contributed by atoms with van der Waals surface area (Å²) in [6, 6.07) is 7.92. The first-order valence-corrected chi connectivity index (χ1v) is 7.25. The van der Waals surface area contributed by atoms with Crippen LogP contribution in [0.2, 0.25) is 0 Å². The number of nitrogens with zero attached hydrogens (tertiary/aromatic N) is 2. The van der Waals surface area contributed by atoms with Crippen LogP contribution in [0.1, 0.15) is 11.3 Å². The van der Waals surface area contributed by atoms with Gasteiger partial charge in [-0.25, -0.2) is 4.98 Å². The van der Waals surface area contributed by atoms with Gasteiger partial charge in [0.2, 0.25) is 0 Å². The molecule has 0 unspecified atom stereocenters. The first-order chi connectivity index (χ1) is 9.60.